The standard InChI is InChI=1S/C58H52BN2/c1-7-8-9-16-36-23-30-40(31-24-36)60-50-22-15-13-20-43(50)46-33-44(38-25-28-39(29-26-38)57(2,3)4)54-53-41-18-11-10-17-37(41)27-32-51(53)61-52-34-45-42-19-12-14-21-47(42)58(5,6)48(45)35-49(52)59-55(46)56(54)61/h10-15,17-35,60H,7-9,16H2,1-6H3. The molecule has 2 heterocycles. The normalized spacial score (nSPS) is 13.6. The first-order valence-electron chi connectivity index (χ1n) is 22.3. The van der Waals surface area contributed by atoms with E-state index < -0.39 is 0 Å². The van der Waals surface area contributed by atoms with Crippen molar-refractivity contribution in [3.05, 3.63) is 174 Å². The molecule has 0 fully saturated rings. The van der Waals surface area contributed by atoms with Crippen LogP contribution in [-0.2, 0) is 17.3 Å². The molecule has 2 nitrogen and oxygen atoms in total. The number of anilines is 2. The molecule has 3 heteroatoms. The fourth-order valence-electron chi connectivity index (χ4n) is 10.5. The molecule has 0 saturated carbocycles. The van der Waals surface area contributed by atoms with Crippen LogP contribution in [0.15, 0.2) is 152 Å². The first-order chi connectivity index (χ1) is 29.6. The Balaban J connectivity index is 1.21. The van der Waals surface area contributed by atoms with Crippen molar-refractivity contribution in [3.8, 4) is 39.1 Å². The van der Waals surface area contributed by atoms with Gasteiger partial charge in [-0.3, -0.25) is 0 Å². The largest absolute Gasteiger partial charge is 0.355 e. The highest BCUT2D eigenvalue weighted by molar-refractivity contribution is 6.74. The fraction of sp³-hybridized carbons (Fsp3) is 0.207. The quantitative estimate of drug-likeness (QED) is 0.120. The van der Waals surface area contributed by atoms with Crippen molar-refractivity contribution in [2.75, 3.05) is 5.32 Å². The number of nitrogens with zero attached hydrogens (tertiary/aromatic N) is 1. The van der Waals surface area contributed by atoms with Gasteiger partial charge in [0.15, 0.2) is 7.28 Å². The van der Waals surface area contributed by atoms with Gasteiger partial charge >= 0.3 is 0 Å². The third kappa shape index (κ3) is 5.99. The SMILES string of the molecule is CCCCCc1ccc(Nc2ccccc2-c2cc(-c3ccc(C(C)(C)C)cc3)c3c4c5ccccc5ccc4n4c3c2[B]c2cc3c(cc2-4)-c2ccccc2C3(C)C)cc1. The summed E-state index contributed by atoms with van der Waals surface area (Å²) in [7, 11) is 2.50. The topological polar surface area (TPSA) is 17.0 Å². The van der Waals surface area contributed by atoms with Gasteiger partial charge in [-0.15, -0.1) is 0 Å². The minimum atomic E-state index is -0.104. The van der Waals surface area contributed by atoms with Gasteiger partial charge in [-0.05, 0) is 121 Å². The van der Waals surface area contributed by atoms with Crippen LogP contribution in [-0.4, -0.2) is 11.8 Å². The van der Waals surface area contributed by atoms with Crippen LogP contribution in [0.2, 0.25) is 0 Å². The number of hydrogen-bond donors (Lipinski definition) is 1. The summed E-state index contributed by atoms with van der Waals surface area (Å²) in [5.41, 5.74) is 21.5. The molecule has 1 N–H and O–H groups in total. The first kappa shape index (κ1) is 37.7. The van der Waals surface area contributed by atoms with Crippen LogP contribution in [0.4, 0.5) is 11.4 Å². The van der Waals surface area contributed by atoms with E-state index in [9.17, 15) is 0 Å². The summed E-state index contributed by atoms with van der Waals surface area (Å²) in [6, 6.07) is 57.5. The number of nitrogens with one attached hydrogen (secondary N) is 1. The average Bonchev–Trinajstić information content (AvgIpc) is 3.74. The van der Waals surface area contributed by atoms with Gasteiger partial charge in [-0.25, -0.2) is 0 Å². The van der Waals surface area contributed by atoms with E-state index in [1.807, 2.05) is 0 Å². The van der Waals surface area contributed by atoms with Gasteiger partial charge in [-0.2, -0.15) is 0 Å². The zero-order valence-corrected chi connectivity index (χ0v) is 36.3. The molecule has 9 aromatic rings. The average molecular weight is 788 g/mol. The van der Waals surface area contributed by atoms with Gasteiger partial charge < -0.3 is 9.88 Å². The predicted octanol–water partition coefficient (Wildman–Crippen LogP) is 14.3. The van der Waals surface area contributed by atoms with E-state index in [1.165, 1.54) is 124 Å². The highest BCUT2D eigenvalue weighted by atomic mass is 15.0. The van der Waals surface area contributed by atoms with E-state index >= 15 is 0 Å². The maximum absolute atomic E-state index is 3.88. The zero-order chi connectivity index (χ0) is 41.6. The van der Waals surface area contributed by atoms with Gasteiger partial charge in [-0.1, -0.05) is 175 Å². The lowest BCUT2D eigenvalue weighted by molar-refractivity contribution is 0.590. The molecule has 0 amide bonds. The van der Waals surface area contributed by atoms with Crippen LogP contribution in [0, 0.1) is 0 Å². The second kappa shape index (κ2) is 14.1. The number of para-hydroxylation sites is 1. The highest BCUT2D eigenvalue weighted by Gasteiger charge is 2.38. The Morgan fingerprint density at radius 2 is 1.36 bits per heavy atom. The summed E-state index contributed by atoms with van der Waals surface area (Å²) in [6.07, 6.45) is 4.87. The number of fused-ring (bicyclic) bond motifs is 10. The summed E-state index contributed by atoms with van der Waals surface area (Å²) in [5, 5.41) is 9.04. The molecule has 1 aliphatic carbocycles. The first-order valence-corrected chi connectivity index (χ1v) is 22.3. The van der Waals surface area contributed by atoms with Crippen LogP contribution in [0.25, 0.3) is 71.6 Å². The third-order valence-electron chi connectivity index (χ3n) is 13.8. The number of aromatic nitrogens is 1. The lowest BCUT2D eigenvalue weighted by atomic mass is 9.58. The molecule has 297 valence electrons. The smallest absolute Gasteiger partial charge is 0.197 e. The molecule has 0 atom stereocenters. The van der Waals surface area contributed by atoms with Gasteiger partial charge in [0.25, 0.3) is 0 Å². The maximum Gasteiger partial charge on any atom is 0.197 e. The van der Waals surface area contributed by atoms with Crippen molar-refractivity contribution >= 4 is 62.2 Å². The molecule has 1 radical (unpaired) electrons. The van der Waals surface area contributed by atoms with Crippen molar-refractivity contribution < 1.29 is 0 Å². The minimum Gasteiger partial charge on any atom is -0.355 e. The molecule has 61 heavy (non-hydrogen) atoms. The summed E-state index contributed by atoms with van der Waals surface area (Å²) >= 11 is 0. The molecule has 2 aliphatic rings. The number of aryl methyl sites for hydroxylation is 1. The summed E-state index contributed by atoms with van der Waals surface area (Å²) < 4.78 is 2.61. The number of hydrogen-bond acceptors (Lipinski definition) is 1. The highest BCUT2D eigenvalue weighted by Crippen LogP contribution is 2.51. The van der Waals surface area contributed by atoms with Crippen molar-refractivity contribution in [1.82, 2.24) is 4.57 Å². The van der Waals surface area contributed by atoms with Gasteiger partial charge in [0.2, 0.25) is 0 Å². The summed E-state index contributed by atoms with van der Waals surface area (Å²) in [4.78, 5) is 0. The lowest BCUT2D eigenvalue weighted by Gasteiger charge is -2.27. The Hall–Kier alpha value is -6.32. The molecular weight excluding hydrogens is 735 g/mol. The Kier molecular flexibility index (Phi) is 8.73. The third-order valence-corrected chi connectivity index (χ3v) is 13.8. The minimum absolute atomic E-state index is 0.0559. The van der Waals surface area contributed by atoms with Crippen molar-refractivity contribution in [2.45, 2.75) is 78.1 Å². The van der Waals surface area contributed by atoms with E-state index in [0.29, 0.717) is 0 Å². The van der Waals surface area contributed by atoms with Crippen LogP contribution < -0.4 is 16.2 Å². The molecule has 0 saturated heterocycles. The Bertz CT molecular complexity index is 3190. The molecule has 11 rings (SSSR count). The zero-order valence-electron chi connectivity index (χ0n) is 36.3. The van der Waals surface area contributed by atoms with E-state index in [2.05, 4.69) is 210 Å². The monoisotopic (exact) mass is 787 g/mol. The van der Waals surface area contributed by atoms with Crippen molar-refractivity contribution in [3.63, 3.8) is 0 Å². The Labute approximate surface area is 361 Å². The van der Waals surface area contributed by atoms with Crippen LogP contribution in [0.3, 0.4) is 0 Å². The maximum atomic E-state index is 3.88. The van der Waals surface area contributed by atoms with E-state index in [1.54, 1.807) is 0 Å². The summed E-state index contributed by atoms with van der Waals surface area (Å²) in [6.45, 7) is 13.9. The second-order valence-electron chi connectivity index (χ2n) is 19.0. The van der Waals surface area contributed by atoms with Gasteiger partial charge in [0, 0.05) is 44.3 Å². The van der Waals surface area contributed by atoms with Crippen LogP contribution in [0.5, 0.6) is 0 Å². The molecule has 0 bridgehead atoms. The van der Waals surface area contributed by atoms with Crippen LogP contribution >= 0.6 is 0 Å². The molecular formula is C58H52BN2. The van der Waals surface area contributed by atoms with Gasteiger partial charge in [0.1, 0.15) is 0 Å². The number of unbranched alkanes of at least 4 members (excludes halogenated alkanes) is 2. The fourth-order valence-corrected chi connectivity index (χ4v) is 10.5. The van der Waals surface area contributed by atoms with Crippen LogP contribution in [0.1, 0.15) is 83.1 Å². The number of rotatable bonds is 8. The van der Waals surface area contributed by atoms with E-state index in [-0.39, 0.29) is 10.8 Å². The molecule has 0 spiro atoms. The molecule has 1 aliphatic heterocycles. The Morgan fingerprint density at radius 1 is 0.623 bits per heavy atom. The number of benzene rings is 8. The predicted molar refractivity (Wildman–Crippen MR) is 263 cm³/mol. The van der Waals surface area contributed by atoms with E-state index in [4.69, 9.17) is 0 Å². The summed E-state index contributed by atoms with van der Waals surface area (Å²) in [5.74, 6) is 0. The molecule has 8 aromatic carbocycles. The Morgan fingerprint density at radius 3 is 2.15 bits per heavy atom. The molecule has 0 unspecified atom stereocenters. The lowest BCUT2D eigenvalue weighted by Crippen LogP contribution is -2.38. The van der Waals surface area contributed by atoms with Crippen molar-refractivity contribution in [1.29, 1.82) is 0 Å². The second-order valence-corrected chi connectivity index (χ2v) is 19.0. The van der Waals surface area contributed by atoms with E-state index in [0.717, 1.165) is 17.8 Å². The van der Waals surface area contributed by atoms with Gasteiger partial charge in [0.05, 0.1) is 5.52 Å². The van der Waals surface area contributed by atoms with Crippen molar-refractivity contribution in [2.24, 2.45) is 0 Å². The molecule has 1 aromatic heterocycles.